The zero-order valence-corrected chi connectivity index (χ0v) is 19.3. The van der Waals surface area contributed by atoms with Crippen molar-refractivity contribution >= 4 is 23.7 Å². The van der Waals surface area contributed by atoms with Crippen LogP contribution in [0.1, 0.15) is 33.8 Å². The van der Waals surface area contributed by atoms with E-state index in [-0.39, 0.29) is 30.2 Å². The minimum Gasteiger partial charge on any atom is -0.478 e. The lowest BCUT2D eigenvalue weighted by Gasteiger charge is -2.25. The van der Waals surface area contributed by atoms with E-state index in [9.17, 15) is 19.5 Å². The third-order valence-electron chi connectivity index (χ3n) is 6.16. The Hall–Kier alpha value is -4.39. The predicted octanol–water partition coefficient (Wildman–Crippen LogP) is 4.83. The van der Waals surface area contributed by atoms with Crippen molar-refractivity contribution in [2.24, 2.45) is 0 Å². The molecule has 4 rings (SSSR count). The Morgan fingerprint density at radius 3 is 2.17 bits per heavy atom. The number of carbonyl (C=O) groups excluding carboxylic acids is 2. The molecule has 0 saturated carbocycles. The summed E-state index contributed by atoms with van der Waals surface area (Å²) < 4.78 is 5.56. The Bertz CT molecular complexity index is 1240. The number of rotatable bonds is 8. The molecule has 1 aliphatic rings. The van der Waals surface area contributed by atoms with Crippen LogP contribution in [0.15, 0.2) is 85.5 Å². The maximum atomic E-state index is 13.1. The van der Waals surface area contributed by atoms with E-state index in [0.29, 0.717) is 0 Å². The van der Waals surface area contributed by atoms with Gasteiger partial charge >= 0.3 is 12.1 Å². The second-order valence-corrected chi connectivity index (χ2v) is 8.27. The third kappa shape index (κ3) is 4.80. The summed E-state index contributed by atoms with van der Waals surface area (Å²) in [4.78, 5) is 38.6. The molecule has 3 aromatic carbocycles. The lowest BCUT2D eigenvalue weighted by atomic mass is 9.98. The van der Waals surface area contributed by atoms with Crippen molar-refractivity contribution in [2.75, 3.05) is 18.6 Å². The number of ether oxygens (including phenoxy) is 1. The topological polar surface area (TPSA) is 95.9 Å². The molecule has 0 saturated heterocycles. The minimum absolute atomic E-state index is 0.0122. The van der Waals surface area contributed by atoms with E-state index < -0.39 is 24.0 Å². The lowest BCUT2D eigenvalue weighted by Crippen LogP contribution is -2.48. The number of likely N-dealkylation sites (N-methyl/N-ethyl adjacent to an activating group) is 1. The SMILES string of the molecule is C=CCC(NC(=O)OCC1c2ccccc2-c2ccccc21)C(=O)N(C)c1ccccc1C(=O)O. The summed E-state index contributed by atoms with van der Waals surface area (Å²) in [7, 11) is 1.47. The first-order chi connectivity index (χ1) is 16.9. The van der Waals surface area contributed by atoms with Gasteiger partial charge < -0.3 is 20.1 Å². The number of nitrogens with zero attached hydrogens (tertiary/aromatic N) is 1. The van der Waals surface area contributed by atoms with Crippen LogP contribution in [0.3, 0.4) is 0 Å². The second kappa shape index (κ2) is 10.3. The third-order valence-corrected chi connectivity index (χ3v) is 6.16. The van der Waals surface area contributed by atoms with Crippen molar-refractivity contribution in [1.82, 2.24) is 5.32 Å². The van der Waals surface area contributed by atoms with Crippen molar-refractivity contribution in [2.45, 2.75) is 18.4 Å². The molecule has 0 aromatic heterocycles. The molecule has 1 aliphatic carbocycles. The number of carboxylic acids is 1. The molecule has 7 nitrogen and oxygen atoms in total. The summed E-state index contributed by atoms with van der Waals surface area (Å²) in [6.45, 7) is 3.79. The van der Waals surface area contributed by atoms with Gasteiger partial charge in [-0.1, -0.05) is 66.7 Å². The van der Waals surface area contributed by atoms with Crippen LogP contribution < -0.4 is 10.2 Å². The minimum atomic E-state index is -1.15. The standard InChI is InChI=1S/C28H26N2O5/c1-3-10-24(26(31)30(2)25-16-9-8-15-22(25)27(32)33)29-28(34)35-17-23-20-13-6-4-11-18(20)19-12-5-7-14-21(19)23/h3-9,11-16,23-24H,1,10,17H2,2H3,(H,29,34)(H,32,33). The van der Waals surface area contributed by atoms with E-state index in [2.05, 4.69) is 24.0 Å². The fourth-order valence-corrected chi connectivity index (χ4v) is 4.47. The van der Waals surface area contributed by atoms with Gasteiger partial charge in [0.15, 0.2) is 0 Å². The molecule has 2 amide bonds. The molecule has 0 aliphatic heterocycles. The molecular formula is C28H26N2O5. The van der Waals surface area contributed by atoms with Gasteiger partial charge in [-0.3, -0.25) is 4.79 Å². The number of hydrogen-bond donors (Lipinski definition) is 2. The Balaban J connectivity index is 1.46. The van der Waals surface area contributed by atoms with Crippen LogP contribution in [-0.4, -0.2) is 42.8 Å². The van der Waals surface area contributed by atoms with Crippen LogP contribution in [0.25, 0.3) is 11.1 Å². The quantitative estimate of drug-likeness (QED) is 0.460. The number of benzene rings is 3. The van der Waals surface area contributed by atoms with E-state index in [0.717, 1.165) is 22.3 Å². The molecule has 1 atom stereocenters. The lowest BCUT2D eigenvalue weighted by molar-refractivity contribution is -0.120. The molecule has 0 radical (unpaired) electrons. The van der Waals surface area contributed by atoms with Gasteiger partial charge in [-0.15, -0.1) is 6.58 Å². The van der Waals surface area contributed by atoms with Crippen LogP contribution in [0, 0.1) is 0 Å². The maximum Gasteiger partial charge on any atom is 0.407 e. The van der Waals surface area contributed by atoms with Gasteiger partial charge in [0.2, 0.25) is 5.91 Å². The largest absolute Gasteiger partial charge is 0.478 e. The highest BCUT2D eigenvalue weighted by molar-refractivity contribution is 6.04. The van der Waals surface area contributed by atoms with Crippen LogP contribution in [0.4, 0.5) is 10.5 Å². The molecule has 3 aromatic rings. The first kappa shape index (κ1) is 23.8. The number of hydrogen-bond acceptors (Lipinski definition) is 4. The van der Waals surface area contributed by atoms with Crippen molar-refractivity contribution in [1.29, 1.82) is 0 Å². The van der Waals surface area contributed by atoms with Gasteiger partial charge in [-0.2, -0.15) is 0 Å². The van der Waals surface area contributed by atoms with Gasteiger partial charge in [-0.05, 0) is 40.8 Å². The number of anilines is 1. The normalized spacial score (nSPS) is 12.7. The van der Waals surface area contributed by atoms with E-state index >= 15 is 0 Å². The van der Waals surface area contributed by atoms with Gasteiger partial charge in [-0.25, -0.2) is 9.59 Å². The average molecular weight is 471 g/mol. The van der Waals surface area contributed by atoms with Crippen LogP contribution >= 0.6 is 0 Å². The number of amides is 2. The van der Waals surface area contributed by atoms with Crippen molar-refractivity contribution in [3.63, 3.8) is 0 Å². The van der Waals surface area contributed by atoms with Crippen LogP contribution in [-0.2, 0) is 9.53 Å². The smallest absolute Gasteiger partial charge is 0.407 e. The van der Waals surface area contributed by atoms with E-state index in [1.165, 1.54) is 24.1 Å². The number of carbonyl (C=O) groups is 3. The first-order valence-corrected chi connectivity index (χ1v) is 11.2. The fraction of sp³-hybridized carbons (Fsp3) is 0.179. The molecule has 7 heteroatoms. The predicted molar refractivity (Wildman–Crippen MR) is 134 cm³/mol. The molecule has 0 bridgehead atoms. The highest BCUT2D eigenvalue weighted by Gasteiger charge is 2.30. The number of aromatic carboxylic acids is 1. The van der Waals surface area contributed by atoms with E-state index in [1.54, 1.807) is 18.2 Å². The molecule has 178 valence electrons. The zero-order chi connectivity index (χ0) is 24.9. The fourth-order valence-electron chi connectivity index (χ4n) is 4.47. The van der Waals surface area contributed by atoms with Crippen LogP contribution in [0.5, 0.6) is 0 Å². The van der Waals surface area contributed by atoms with Crippen molar-refractivity contribution in [3.8, 4) is 11.1 Å². The monoisotopic (exact) mass is 470 g/mol. The van der Waals surface area contributed by atoms with Crippen LogP contribution in [0.2, 0.25) is 0 Å². The van der Waals surface area contributed by atoms with Crippen molar-refractivity contribution in [3.05, 3.63) is 102 Å². The number of carboxylic acid groups (broad SMARTS) is 1. The average Bonchev–Trinajstić information content (AvgIpc) is 3.20. The summed E-state index contributed by atoms with van der Waals surface area (Å²) >= 11 is 0. The van der Waals surface area contributed by atoms with Gasteiger partial charge in [0.05, 0.1) is 11.3 Å². The number of fused-ring (bicyclic) bond motifs is 3. The molecule has 35 heavy (non-hydrogen) atoms. The molecule has 1 unspecified atom stereocenters. The van der Waals surface area contributed by atoms with Gasteiger partial charge in [0.1, 0.15) is 12.6 Å². The summed E-state index contributed by atoms with van der Waals surface area (Å²) in [6, 6.07) is 21.3. The second-order valence-electron chi connectivity index (χ2n) is 8.27. The molecule has 0 spiro atoms. The van der Waals surface area contributed by atoms with Crippen molar-refractivity contribution < 1.29 is 24.2 Å². The maximum absolute atomic E-state index is 13.1. The Morgan fingerprint density at radius 1 is 1.00 bits per heavy atom. The van der Waals surface area contributed by atoms with E-state index in [1.807, 2.05) is 36.4 Å². The van der Waals surface area contributed by atoms with Gasteiger partial charge in [0, 0.05) is 13.0 Å². The Morgan fingerprint density at radius 2 is 1.57 bits per heavy atom. The molecule has 0 fully saturated rings. The number of alkyl carbamates (subject to hydrolysis) is 1. The highest BCUT2D eigenvalue weighted by atomic mass is 16.5. The number of para-hydroxylation sites is 1. The Labute approximate surface area is 203 Å². The summed E-state index contributed by atoms with van der Waals surface area (Å²) in [5.74, 6) is -1.73. The van der Waals surface area contributed by atoms with E-state index in [4.69, 9.17) is 4.74 Å². The molecule has 2 N–H and O–H groups in total. The van der Waals surface area contributed by atoms with Gasteiger partial charge in [0.25, 0.3) is 0 Å². The summed E-state index contributed by atoms with van der Waals surface area (Å²) in [5.41, 5.74) is 4.64. The molecule has 0 heterocycles. The molecular weight excluding hydrogens is 444 g/mol. The zero-order valence-electron chi connectivity index (χ0n) is 19.3. The Kier molecular flexibility index (Phi) is 6.96. The highest BCUT2D eigenvalue weighted by Crippen LogP contribution is 2.44. The summed E-state index contributed by atoms with van der Waals surface area (Å²) in [5, 5.41) is 12.1. The number of nitrogens with one attached hydrogen (secondary N) is 1. The summed E-state index contributed by atoms with van der Waals surface area (Å²) in [6.07, 6.45) is 0.943. The first-order valence-electron chi connectivity index (χ1n) is 11.2.